The number of hydrogen-bond acceptors (Lipinski definition) is 3. The summed E-state index contributed by atoms with van der Waals surface area (Å²) in [5.74, 6) is 0.855. The SMILES string of the molecule is Cc1cccc(SCC(=O)c2cc3cc(C)ccc3o2)c1. The molecule has 0 atom stereocenters. The van der Waals surface area contributed by atoms with Crippen molar-refractivity contribution in [3.05, 3.63) is 65.4 Å². The smallest absolute Gasteiger partial charge is 0.208 e. The fourth-order valence-electron chi connectivity index (χ4n) is 2.23. The molecule has 0 aliphatic heterocycles. The Bertz CT molecular complexity index is 802. The minimum atomic E-state index is 0.0235. The highest BCUT2D eigenvalue weighted by Crippen LogP contribution is 2.24. The second kappa shape index (κ2) is 5.78. The van der Waals surface area contributed by atoms with E-state index < -0.39 is 0 Å². The Morgan fingerprint density at radius 2 is 1.86 bits per heavy atom. The van der Waals surface area contributed by atoms with E-state index >= 15 is 0 Å². The summed E-state index contributed by atoms with van der Waals surface area (Å²) in [4.78, 5) is 13.3. The largest absolute Gasteiger partial charge is 0.453 e. The Morgan fingerprint density at radius 1 is 1.05 bits per heavy atom. The van der Waals surface area contributed by atoms with Gasteiger partial charge >= 0.3 is 0 Å². The Hall–Kier alpha value is -2.00. The van der Waals surface area contributed by atoms with Crippen LogP contribution < -0.4 is 0 Å². The van der Waals surface area contributed by atoms with Crippen molar-refractivity contribution in [2.75, 3.05) is 5.75 Å². The van der Waals surface area contributed by atoms with Crippen molar-refractivity contribution in [2.24, 2.45) is 0 Å². The first-order valence-corrected chi connectivity index (χ1v) is 7.83. The first-order chi connectivity index (χ1) is 10.1. The molecule has 0 fully saturated rings. The number of carbonyl (C=O) groups is 1. The van der Waals surface area contributed by atoms with Crippen molar-refractivity contribution in [1.29, 1.82) is 0 Å². The van der Waals surface area contributed by atoms with E-state index in [0.29, 0.717) is 11.5 Å². The van der Waals surface area contributed by atoms with Crippen molar-refractivity contribution in [1.82, 2.24) is 0 Å². The molecule has 3 heteroatoms. The fraction of sp³-hybridized carbons (Fsp3) is 0.167. The van der Waals surface area contributed by atoms with Gasteiger partial charge in [0.25, 0.3) is 0 Å². The van der Waals surface area contributed by atoms with Crippen molar-refractivity contribution >= 4 is 28.5 Å². The quantitative estimate of drug-likeness (QED) is 0.500. The normalized spacial score (nSPS) is 11.0. The van der Waals surface area contributed by atoms with E-state index in [0.717, 1.165) is 21.4 Å². The van der Waals surface area contributed by atoms with Crippen LogP contribution in [0.4, 0.5) is 0 Å². The van der Waals surface area contributed by atoms with Gasteiger partial charge < -0.3 is 4.42 Å². The van der Waals surface area contributed by atoms with Gasteiger partial charge in [-0.3, -0.25) is 4.79 Å². The number of ketones is 1. The van der Waals surface area contributed by atoms with Crippen LogP contribution in [0.3, 0.4) is 0 Å². The molecular weight excluding hydrogens is 280 g/mol. The molecule has 0 saturated heterocycles. The molecule has 3 aromatic rings. The third kappa shape index (κ3) is 3.19. The van der Waals surface area contributed by atoms with Gasteiger partial charge in [-0.1, -0.05) is 29.3 Å². The molecule has 106 valence electrons. The first kappa shape index (κ1) is 14.0. The maximum atomic E-state index is 12.2. The molecule has 0 aliphatic carbocycles. The monoisotopic (exact) mass is 296 g/mol. The molecule has 2 aromatic carbocycles. The van der Waals surface area contributed by atoms with E-state index in [1.807, 2.05) is 56.3 Å². The molecule has 0 radical (unpaired) electrons. The van der Waals surface area contributed by atoms with Crippen molar-refractivity contribution < 1.29 is 9.21 Å². The number of Topliss-reactive ketones (excluding diaryl/α,β-unsaturated/α-hetero) is 1. The molecule has 0 bridgehead atoms. The van der Waals surface area contributed by atoms with Crippen LogP contribution in [0.2, 0.25) is 0 Å². The van der Waals surface area contributed by atoms with E-state index in [9.17, 15) is 4.79 Å². The summed E-state index contributed by atoms with van der Waals surface area (Å²) in [6.45, 7) is 4.08. The molecule has 0 aliphatic rings. The number of rotatable bonds is 4. The van der Waals surface area contributed by atoms with Crippen LogP contribution >= 0.6 is 11.8 Å². The van der Waals surface area contributed by atoms with Gasteiger partial charge in [0.2, 0.25) is 5.78 Å². The second-order valence-corrected chi connectivity index (χ2v) is 6.23. The third-order valence-electron chi connectivity index (χ3n) is 3.31. The van der Waals surface area contributed by atoms with Crippen molar-refractivity contribution in [3.8, 4) is 0 Å². The summed E-state index contributed by atoms with van der Waals surface area (Å²) < 4.78 is 5.63. The number of hydrogen-bond donors (Lipinski definition) is 0. The van der Waals surface area contributed by atoms with Crippen LogP contribution in [-0.4, -0.2) is 11.5 Å². The molecule has 1 aromatic heterocycles. The van der Waals surface area contributed by atoms with E-state index in [-0.39, 0.29) is 5.78 Å². The van der Waals surface area contributed by atoms with Gasteiger partial charge in [0.1, 0.15) is 5.58 Å². The molecule has 0 N–H and O–H groups in total. The first-order valence-electron chi connectivity index (χ1n) is 6.85. The van der Waals surface area contributed by atoms with Crippen molar-refractivity contribution in [2.45, 2.75) is 18.7 Å². The lowest BCUT2D eigenvalue weighted by atomic mass is 10.2. The zero-order chi connectivity index (χ0) is 14.8. The lowest BCUT2D eigenvalue weighted by molar-refractivity contribution is 0.0994. The zero-order valence-corrected chi connectivity index (χ0v) is 12.9. The number of aryl methyl sites for hydroxylation is 2. The summed E-state index contributed by atoms with van der Waals surface area (Å²) >= 11 is 1.54. The number of fused-ring (bicyclic) bond motifs is 1. The molecule has 21 heavy (non-hydrogen) atoms. The lowest BCUT2D eigenvalue weighted by Crippen LogP contribution is -2.00. The molecule has 0 spiro atoms. The number of benzene rings is 2. The summed E-state index contributed by atoms with van der Waals surface area (Å²) in [5, 5.41) is 0.985. The highest BCUT2D eigenvalue weighted by molar-refractivity contribution is 8.00. The number of thioether (sulfide) groups is 1. The third-order valence-corrected chi connectivity index (χ3v) is 4.30. The van der Waals surface area contributed by atoms with Crippen molar-refractivity contribution in [3.63, 3.8) is 0 Å². The Morgan fingerprint density at radius 3 is 2.67 bits per heavy atom. The van der Waals surface area contributed by atoms with Crippen LogP contribution in [0.15, 0.2) is 57.8 Å². The molecule has 3 rings (SSSR count). The second-order valence-electron chi connectivity index (χ2n) is 5.18. The topological polar surface area (TPSA) is 30.2 Å². The summed E-state index contributed by atoms with van der Waals surface area (Å²) in [7, 11) is 0. The standard InChI is InChI=1S/C18H16O2S/c1-12-4-3-5-15(9-12)21-11-16(19)18-10-14-8-13(2)6-7-17(14)20-18/h3-10H,11H2,1-2H3. The van der Waals surface area contributed by atoms with Gasteiger partial charge in [-0.2, -0.15) is 0 Å². The molecule has 0 amide bonds. The van der Waals surface area contributed by atoms with Crippen LogP contribution in [0.5, 0.6) is 0 Å². The highest BCUT2D eigenvalue weighted by atomic mass is 32.2. The van der Waals surface area contributed by atoms with Crippen LogP contribution in [-0.2, 0) is 0 Å². The van der Waals surface area contributed by atoms with Crippen LogP contribution in [0.1, 0.15) is 21.7 Å². The molecule has 0 saturated carbocycles. The maximum absolute atomic E-state index is 12.2. The van der Waals surface area contributed by atoms with Gasteiger partial charge in [0.15, 0.2) is 5.76 Å². The average Bonchev–Trinajstić information content (AvgIpc) is 2.88. The average molecular weight is 296 g/mol. The molecule has 0 unspecified atom stereocenters. The van der Waals surface area contributed by atoms with Crippen LogP contribution in [0.25, 0.3) is 11.0 Å². The van der Waals surface area contributed by atoms with E-state index in [4.69, 9.17) is 4.42 Å². The van der Waals surface area contributed by atoms with Gasteiger partial charge in [-0.05, 0) is 44.2 Å². The predicted octanol–water partition coefficient (Wildman–Crippen LogP) is 5.02. The Balaban J connectivity index is 1.74. The lowest BCUT2D eigenvalue weighted by Gasteiger charge is -2.00. The molecular formula is C18H16O2S. The van der Waals surface area contributed by atoms with Gasteiger partial charge in [-0.25, -0.2) is 0 Å². The van der Waals surface area contributed by atoms with E-state index in [1.54, 1.807) is 11.8 Å². The van der Waals surface area contributed by atoms with Gasteiger partial charge in [0, 0.05) is 10.3 Å². The minimum absolute atomic E-state index is 0.0235. The maximum Gasteiger partial charge on any atom is 0.208 e. The Labute approximate surface area is 128 Å². The molecule has 2 nitrogen and oxygen atoms in total. The molecule has 1 heterocycles. The fourth-order valence-corrected chi connectivity index (χ4v) is 3.11. The Kier molecular flexibility index (Phi) is 3.84. The predicted molar refractivity (Wildman–Crippen MR) is 87.2 cm³/mol. The van der Waals surface area contributed by atoms with Gasteiger partial charge in [0.05, 0.1) is 5.75 Å². The number of furan rings is 1. The number of carbonyl (C=O) groups excluding carboxylic acids is 1. The zero-order valence-electron chi connectivity index (χ0n) is 12.1. The van der Waals surface area contributed by atoms with E-state index in [1.165, 1.54) is 5.56 Å². The summed E-state index contributed by atoms with van der Waals surface area (Å²) in [5.41, 5.74) is 3.13. The summed E-state index contributed by atoms with van der Waals surface area (Å²) in [6, 6.07) is 15.9. The highest BCUT2D eigenvalue weighted by Gasteiger charge is 2.12. The van der Waals surface area contributed by atoms with E-state index in [2.05, 4.69) is 6.07 Å². The van der Waals surface area contributed by atoms with Crippen LogP contribution in [0, 0.1) is 13.8 Å². The minimum Gasteiger partial charge on any atom is -0.453 e. The summed E-state index contributed by atoms with van der Waals surface area (Å²) in [6.07, 6.45) is 0. The van der Waals surface area contributed by atoms with Gasteiger partial charge in [-0.15, -0.1) is 11.8 Å².